The van der Waals surface area contributed by atoms with Gasteiger partial charge >= 0.3 is 0 Å². The number of fused-ring (bicyclic) bond motifs is 3. The number of Topliss-reactive ketones (excluding diaryl/α,β-unsaturated/α-hetero) is 1. The molecule has 132 heavy (non-hydrogen) atoms. The van der Waals surface area contributed by atoms with Crippen LogP contribution in [-0.2, 0) is 112 Å². The molecule has 0 amide bonds. The minimum absolute atomic E-state index is 0. The van der Waals surface area contributed by atoms with Gasteiger partial charge in [-0.3, -0.25) is 34.1 Å². The Kier molecular flexibility index (Phi) is 49.0. The molecule has 0 saturated carbocycles. The predicted octanol–water partition coefficient (Wildman–Crippen LogP) is 30.0. The molecule has 0 aliphatic heterocycles. The van der Waals surface area contributed by atoms with Crippen LogP contribution in [0, 0.1) is 113 Å². The average Bonchev–Trinajstić information content (AvgIpc) is 0.798. The molecule has 0 aliphatic carbocycles. The Morgan fingerprint density at radius 1 is 0.386 bits per heavy atom. The summed E-state index contributed by atoms with van der Waals surface area (Å²) in [6.45, 7) is 53.9. The summed E-state index contributed by atoms with van der Waals surface area (Å²) in [5.41, 5.74) is 26.0. The van der Waals surface area contributed by atoms with Crippen LogP contribution in [0.25, 0.3) is 94.4 Å². The van der Waals surface area contributed by atoms with Gasteiger partial charge in [-0.25, -0.2) is 0 Å². The van der Waals surface area contributed by atoms with E-state index < -0.39 is 10.8 Å². The Balaban J connectivity index is 0.000000517. The molecule has 16 heteroatoms. The summed E-state index contributed by atoms with van der Waals surface area (Å²) in [6.07, 6.45) is 7.97. The van der Waals surface area contributed by atoms with Gasteiger partial charge in [0.15, 0.2) is 23.1 Å². The van der Waals surface area contributed by atoms with Gasteiger partial charge in [0.1, 0.15) is 17.3 Å². The molecular formula is C116H134Ir4N4O8-4. The third kappa shape index (κ3) is 39.5. The smallest absolute Gasteiger partial charge is 0.164 e. The van der Waals surface area contributed by atoms with Gasteiger partial charge in [0, 0.05) is 143 Å². The van der Waals surface area contributed by atoms with Gasteiger partial charge in [-0.2, -0.15) is 0 Å². The maximum atomic E-state index is 11.5. The van der Waals surface area contributed by atoms with E-state index in [1.807, 2.05) is 150 Å². The maximum absolute atomic E-state index is 11.5. The average molecular weight is 2480 g/mol. The molecule has 0 unspecified atom stereocenters. The minimum Gasteiger partial charge on any atom is -0.512 e. The fourth-order valence-corrected chi connectivity index (χ4v) is 13.4. The zero-order chi connectivity index (χ0) is 95.3. The number of rotatable bonds is 14. The van der Waals surface area contributed by atoms with Crippen LogP contribution in [0.4, 0.5) is 0 Å². The first-order valence-corrected chi connectivity index (χ1v) is 43.8. The SMILES string of the molecule is CC(=O)C(=C(C)O)c1ccccc1.CC(=O)C=C(C)O.CC(C)(C)C(=O)C=C(O)C(C)(C)C.CC(C)(C)C(=O)C=C(O)C(C)(C)C.Cc1[c-]c(-c2cc(CC(C)C)c3ccccc3n2)ccc1.Cc1[c-]c(-c2ccc3c(CC(C)C)cccc3n2)cc(C)c1.Cc1[c-]c(-c2ccc3ccccc3n2)cc(C)c1.Cc1cc(C)cc(-c2cnc(-c3[c-]cccc3)cc2C)c1.[Ir].[Ir].[Ir].[Ir]. The molecule has 4 heterocycles. The van der Waals surface area contributed by atoms with Gasteiger partial charge in [0.2, 0.25) is 0 Å². The molecule has 13 aromatic rings. The zero-order valence-corrected chi connectivity index (χ0v) is 91.8. The van der Waals surface area contributed by atoms with Crippen LogP contribution < -0.4 is 0 Å². The first-order valence-electron chi connectivity index (χ1n) is 43.8. The van der Waals surface area contributed by atoms with Crippen molar-refractivity contribution in [3.63, 3.8) is 0 Å². The molecule has 12 nitrogen and oxygen atoms in total. The van der Waals surface area contributed by atoms with Gasteiger partial charge in [-0.1, -0.05) is 290 Å². The number of carbonyl (C=O) groups is 4. The molecule has 0 aliphatic rings. The number of hydrogen-bond donors (Lipinski definition) is 4. The molecule has 0 saturated heterocycles. The minimum atomic E-state index is -0.417. The van der Waals surface area contributed by atoms with Crippen molar-refractivity contribution in [3.8, 4) is 56.2 Å². The van der Waals surface area contributed by atoms with Crippen molar-refractivity contribution in [1.29, 1.82) is 0 Å². The number of benzene rings is 9. The van der Waals surface area contributed by atoms with Gasteiger partial charge in [0.05, 0.1) is 27.9 Å². The fraction of sp³-hybridized carbons (Fsp3) is 0.310. The number of pyridine rings is 4. The second kappa shape index (κ2) is 54.8. The summed E-state index contributed by atoms with van der Waals surface area (Å²) in [7, 11) is 0. The molecule has 0 atom stereocenters. The van der Waals surface area contributed by atoms with Crippen molar-refractivity contribution in [2.24, 2.45) is 33.5 Å². The van der Waals surface area contributed by atoms with E-state index >= 15 is 0 Å². The number of aliphatic hydroxyl groups excluding tert-OH is 4. The molecule has 0 fully saturated rings. The first kappa shape index (κ1) is 118. The topological polar surface area (TPSA) is 201 Å². The Hall–Kier alpha value is -10.2. The number of ketones is 4. The third-order valence-electron chi connectivity index (χ3n) is 19.9. The van der Waals surface area contributed by atoms with Crippen molar-refractivity contribution in [3.05, 3.63) is 351 Å². The van der Waals surface area contributed by atoms with E-state index in [9.17, 15) is 34.5 Å². The second-order valence-corrected chi connectivity index (χ2v) is 37.8. The number of aryl methyl sites for hydroxylation is 8. The number of para-hydroxylation sites is 2. The van der Waals surface area contributed by atoms with Crippen molar-refractivity contribution >= 4 is 61.4 Å². The summed E-state index contributed by atoms with van der Waals surface area (Å²) in [4.78, 5) is 63.2. The molecule has 4 radical (unpaired) electrons. The van der Waals surface area contributed by atoms with Gasteiger partial charge in [-0.05, 0) is 147 Å². The Morgan fingerprint density at radius 2 is 0.826 bits per heavy atom. The summed E-state index contributed by atoms with van der Waals surface area (Å²) < 4.78 is 0. The molecule has 4 aromatic heterocycles. The van der Waals surface area contributed by atoms with E-state index in [4.69, 9.17) is 20.1 Å². The normalized spacial score (nSPS) is 11.5. The summed E-state index contributed by atoms with van der Waals surface area (Å²) in [6, 6.07) is 87.8. The second-order valence-electron chi connectivity index (χ2n) is 37.8. The number of allylic oxidation sites excluding steroid dienone is 8. The van der Waals surface area contributed by atoms with E-state index in [1.165, 1.54) is 112 Å². The Bertz CT molecular complexity index is 5980. The van der Waals surface area contributed by atoms with Gasteiger partial charge in [-0.15, -0.1) is 141 Å². The van der Waals surface area contributed by atoms with Crippen LogP contribution in [-0.4, -0.2) is 63.5 Å². The third-order valence-corrected chi connectivity index (χ3v) is 19.9. The van der Waals surface area contributed by atoms with Crippen LogP contribution in [0.2, 0.25) is 0 Å². The summed E-state index contributed by atoms with van der Waals surface area (Å²) >= 11 is 0. The zero-order valence-electron chi connectivity index (χ0n) is 82.2. The van der Waals surface area contributed by atoms with Crippen molar-refractivity contribution < 1.29 is 120 Å². The quantitative estimate of drug-likeness (QED) is 0.0457. The molecule has 9 aromatic carbocycles. The number of aromatic nitrogens is 4. The van der Waals surface area contributed by atoms with Gasteiger partial charge < -0.3 is 25.4 Å². The van der Waals surface area contributed by atoms with Crippen molar-refractivity contribution in [1.82, 2.24) is 19.9 Å². The molecule has 0 spiro atoms. The molecule has 706 valence electrons. The van der Waals surface area contributed by atoms with Crippen LogP contribution in [0.5, 0.6) is 0 Å². The summed E-state index contributed by atoms with van der Waals surface area (Å²) in [5.74, 6) is 1.38. The van der Waals surface area contributed by atoms with Crippen LogP contribution in [0.3, 0.4) is 0 Å². The monoisotopic (exact) mass is 2480 g/mol. The van der Waals surface area contributed by atoms with E-state index in [0.29, 0.717) is 17.4 Å². The Morgan fingerprint density at radius 3 is 1.28 bits per heavy atom. The number of nitrogens with zero attached hydrogens (tertiary/aromatic N) is 4. The fourth-order valence-electron chi connectivity index (χ4n) is 13.4. The largest absolute Gasteiger partial charge is 0.512 e. The maximum Gasteiger partial charge on any atom is 0.164 e. The van der Waals surface area contributed by atoms with E-state index in [0.717, 1.165) is 96.7 Å². The number of hydrogen-bond acceptors (Lipinski definition) is 12. The standard InChI is InChI=1S/C21H22N.C20H20N.C20H18N.C17H14N.C11H12O2.2C11H20O2.C5H8O2.4Ir/c1-14(2)10-17-6-5-7-21-19(17)8-9-20(22-21)18-12-15(3)11-16(4)13-18;1-14(2)11-17-13-20(16-8-6-7-15(3)12-16)21-19-10-5-4-9-18(17)19;1-14-9-15(2)11-18(10-14)19-13-21-20(12-16(19)3)17-7-5-4-6-8-17;1-12-9-13(2)11-15(10-12)17-8-7-14-5-3-4-6-16(14)18-17;1-8(12)11(9(2)13)10-6-4-3-5-7-10;2*1-10(2,3)8(12)7-9(13)11(4,5)6;1-4(6)3-5(2)7;;;;/h5-9,11-12,14H,10H2,1-4H3;4-10,13-14H,11H2,1-3H3;4-7,9-13H,1-3H3;3-10H,1-2H3;3-7,12H,1-2H3;2*7,12H,1-6H3;3,6H,1-2H3;;;;/q4*-1;;;;;;;;. The van der Waals surface area contributed by atoms with E-state index in [-0.39, 0.29) is 137 Å². The van der Waals surface area contributed by atoms with Crippen molar-refractivity contribution in [2.75, 3.05) is 0 Å². The Labute approximate surface area is 841 Å². The summed E-state index contributed by atoms with van der Waals surface area (Å²) in [5, 5.41) is 40.5. The first-order chi connectivity index (χ1) is 59.9. The molecule has 4 N–H and O–H groups in total. The van der Waals surface area contributed by atoms with E-state index in [1.54, 1.807) is 12.1 Å². The number of aliphatic hydroxyl groups is 4. The van der Waals surface area contributed by atoms with E-state index in [2.05, 4.69) is 258 Å². The molecular weight excluding hydrogens is 2350 g/mol. The van der Waals surface area contributed by atoms with Crippen molar-refractivity contribution in [2.45, 2.75) is 207 Å². The van der Waals surface area contributed by atoms with Crippen LogP contribution >= 0.6 is 0 Å². The van der Waals surface area contributed by atoms with Gasteiger partial charge in [0.25, 0.3) is 0 Å². The van der Waals surface area contributed by atoms with Crippen LogP contribution in [0.15, 0.2) is 266 Å². The number of carbonyl (C=O) groups excluding carboxylic acids is 4. The molecule has 0 bridgehead atoms. The predicted molar refractivity (Wildman–Crippen MR) is 536 cm³/mol. The van der Waals surface area contributed by atoms with Crippen LogP contribution in [0.1, 0.15) is 200 Å². The molecule has 13 rings (SSSR count).